The molecule has 0 aliphatic rings. The van der Waals surface area contributed by atoms with E-state index < -0.39 is 0 Å². The molecule has 84 valence electrons. The molecule has 1 aromatic carbocycles. The van der Waals surface area contributed by atoms with Gasteiger partial charge >= 0.3 is 93.5 Å². The van der Waals surface area contributed by atoms with E-state index in [-0.39, 0.29) is 10.8 Å². The van der Waals surface area contributed by atoms with Crippen molar-refractivity contribution in [2.75, 3.05) is 0 Å². The van der Waals surface area contributed by atoms with Gasteiger partial charge in [0.05, 0.1) is 0 Å². The van der Waals surface area contributed by atoms with Gasteiger partial charge in [0.1, 0.15) is 0 Å². The predicted octanol–water partition coefficient (Wildman–Crippen LogP) is 2.86. The van der Waals surface area contributed by atoms with Crippen molar-refractivity contribution in [3.8, 4) is 0 Å². The first kappa shape index (κ1) is 14.4. The number of rotatable bonds is 6. The molecule has 0 saturated carbocycles. The summed E-state index contributed by atoms with van der Waals surface area (Å²) in [5.74, 6) is 0. The van der Waals surface area contributed by atoms with Gasteiger partial charge in [0, 0.05) is 0 Å². The van der Waals surface area contributed by atoms with E-state index in [0.717, 1.165) is 19.3 Å². The number of quaternary nitrogens is 1. The van der Waals surface area contributed by atoms with Crippen molar-refractivity contribution >= 4 is 20.7 Å². The van der Waals surface area contributed by atoms with Crippen molar-refractivity contribution in [3.05, 3.63) is 35.9 Å². The molecular formula is C12H19NOSe. The van der Waals surface area contributed by atoms with Gasteiger partial charge in [-0.05, 0) is 0 Å². The van der Waals surface area contributed by atoms with E-state index in [1.54, 1.807) is 0 Å². The molecule has 2 nitrogen and oxygen atoms in total. The van der Waals surface area contributed by atoms with Gasteiger partial charge < -0.3 is 6.15 Å². The summed E-state index contributed by atoms with van der Waals surface area (Å²) >= 11 is 2.51. The van der Waals surface area contributed by atoms with Crippen LogP contribution in [0.2, 0.25) is 0 Å². The van der Waals surface area contributed by atoms with Gasteiger partial charge in [-0.25, -0.2) is 0 Å². The molecular weight excluding hydrogens is 253 g/mol. The number of hydrogen-bond acceptors (Lipinski definition) is 1. The largest absolute Gasteiger partial charge is 0.369 e. The Kier molecular flexibility index (Phi) is 8.30. The number of unbranched alkanes of at least 4 members (excludes halogenated alkanes) is 2. The summed E-state index contributed by atoms with van der Waals surface area (Å²) in [4.78, 5) is 10.6. The maximum atomic E-state index is 10.6. The Morgan fingerprint density at radius 1 is 1.07 bits per heavy atom. The fraction of sp³-hybridized carbons (Fsp3) is 0.417. The maximum absolute atomic E-state index is 10.6. The van der Waals surface area contributed by atoms with Crippen LogP contribution in [-0.4, -0.2) is 20.7 Å². The Balaban J connectivity index is 0.00000196. The van der Waals surface area contributed by atoms with Crippen LogP contribution >= 0.6 is 0 Å². The molecule has 0 saturated heterocycles. The first-order valence-corrected chi connectivity index (χ1v) is 5.88. The van der Waals surface area contributed by atoms with E-state index in [2.05, 4.69) is 40.3 Å². The van der Waals surface area contributed by atoms with Gasteiger partial charge in [-0.15, -0.1) is 0 Å². The number of hydrogen-bond donors (Lipinski definition) is 1. The fourth-order valence-electron chi connectivity index (χ4n) is 1.42. The zero-order chi connectivity index (χ0) is 10.2. The van der Waals surface area contributed by atoms with Crippen LogP contribution in [0.3, 0.4) is 0 Å². The van der Waals surface area contributed by atoms with Gasteiger partial charge in [-0.2, -0.15) is 0 Å². The predicted molar refractivity (Wildman–Crippen MR) is 65.4 cm³/mol. The molecule has 1 aromatic rings. The normalized spacial score (nSPS) is 9.33. The van der Waals surface area contributed by atoms with Crippen molar-refractivity contribution in [2.45, 2.75) is 32.1 Å². The number of carbonyl (C=O) groups is 1. The van der Waals surface area contributed by atoms with Crippen LogP contribution in [0.5, 0.6) is 0 Å². The summed E-state index contributed by atoms with van der Waals surface area (Å²) in [5.41, 5.74) is 1.39. The summed E-state index contributed by atoms with van der Waals surface area (Å²) in [6.45, 7) is 0. The van der Waals surface area contributed by atoms with E-state index in [0.29, 0.717) is 6.42 Å². The van der Waals surface area contributed by atoms with Crippen molar-refractivity contribution in [3.63, 3.8) is 0 Å². The second-order valence-corrected chi connectivity index (χ2v) is 4.37. The van der Waals surface area contributed by atoms with Crippen LogP contribution in [-0.2, 0) is 11.2 Å². The topological polar surface area (TPSA) is 53.6 Å². The monoisotopic (exact) mass is 273 g/mol. The van der Waals surface area contributed by atoms with E-state index in [9.17, 15) is 4.79 Å². The van der Waals surface area contributed by atoms with Crippen LogP contribution in [0.4, 0.5) is 0 Å². The molecule has 0 radical (unpaired) electrons. The van der Waals surface area contributed by atoms with Gasteiger partial charge in [-0.1, -0.05) is 0 Å². The zero-order valence-electron chi connectivity index (χ0n) is 9.24. The first-order chi connectivity index (χ1) is 6.79. The molecule has 15 heavy (non-hydrogen) atoms. The third kappa shape index (κ3) is 7.32. The van der Waals surface area contributed by atoms with E-state index >= 15 is 0 Å². The Morgan fingerprint density at radius 3 is 2.33 bits per heavy atom. The van der Waals surface area contributed by atoms with E-state index in [4.69, 9.17) is 0 Å². The average molecular weight is 272 g/mol. The molecule has 0 fully saturated rings. The quantitative estimate of drug-likeness (QED) is 0.628. The Hall–Kier alpha value is -0.631. The fourth-order valence-corrected chi connectivity index (χ4v) is 1.72. The molecule has 0 aliphatic heterocycles. The zero-order valence-corrected chi connectivity index (χ0v) is 11.0. The van der Waals surface area contributed by atoms with Crippen LogP contribution in [0.25, 0.3) is 0 Å². The van der Waals surface area contributed by atoms with E-state index in [1.807, 2.05) is 6.07 Å². The summed E-state index contributed by atoms with van der Waals surface area (Å²) in [6, 6.07) is 10.5. The minimum absolute atomic E-state index is 0. The third-order valence-electron chi connectivity index (χ3n) is 2.19. The molecule has 4 N–H and O–H groups in total. The van der Waals surface area contributed by atoms with Crippen LogP contribution in [0.15, 0.2) is 30.3 Å². The SMILES string of the molecule is O=C([Se-])CCCCCc1ccccc1.[NH4+]. The summed E-state index contributed by atoms with van der Waals surface area (Å²) in [5, 5.41) is 0. The third-order valence-corrected chi connectivity index (χ3v) is 2.62. The van der Waals surface area contributed by atoms with Crippen molar-refractivity contribution in [2.24, 2.45) is 0 Å². The Labute approximate surface area is 99.9 Å². The van der Waals surface area contributed by atoms with Crippen LogP contribution in [0.1, 0.15) is 31.2 Å². The van der Waals surface area contributed by atoms with Gasteiger partial charge in [0.2, 0.25) is 0 Å². The summed E-state index contributed by atoms with van der Waals surface area (Å²) in [7, 11) is 0. The molecule has 3 heteroatoms. The smallest absolute Gasteiger partial charge is 0.369 e. The van der Waals surface area contributed by atoms with Crippen LogP contribution in [0, 0.1) is 0 Å². The minimum atomic E-state index is 0. The molecule has 0 bridgehead atoms. The average Bonchev–Trinajstić information content (AvgIpc) is 2.18. The number of aryl methyl sites for hydroxylation is 1. The molecule has 0 heterocycles. The molecule has 0 unspecified atom stereocenters. The standard InChI is InChI=1S/C12H16OSe.H3N/c13-12(14)10-6-2-5-9-11-7-3-1-4-8-11;/h1,3-4,7-8H,2,5-6,9-10H2,(H,13,14);1H3. The second-order valence-electron chi connectivity index (χ2n) is 3.42. The van der Waals surface area contributed by atoms with Crippen molar-refractivity contribution < 1.29 is 4.79 Å². The number of benzene rings is 1. The van der Waals surface area contributed by atoms with Gasteiger partial charge in [0.25, 0.3) is 0 Å². The van der Waals surface area contributed by atoms with Crippen molar-refractivity contribution in [1.29, 1.82) is 0 Å². The molecule has 0 aromatic heterocycles. The van der Waals surface area contributed by atoms with Gasteiger partial charge in [-0.3, -0.25) is 0 Å². The Morgan fingerprint density at radius 2 is 1.73 bits per heavy atom. The van der Waals surface area contributed by atoms with Gasteiger partial charge in [0.15, 0.2) is 0 Å². The summed E-state index contributed by atoms with van der Waals surface area (Å²) in [6.07, 6.45) is 5.15. The Bertz CT molecular complexity index is 274. The molecule has 0 atom stereocenters. The van der Waals surface area contributed by atoms with Crippen LogP contribution < -0.4 is 6.15 Å². The van der Waals surface area contributed by atoms with Crippen molar-refractivity contribution in [1.82, 2.24) is 6.15 Å². The molecule has 0 aliphatic carbocycles. The maximum Gasteiger partial charge on any atom is -0.369 e. The molecule has 1 rings (SSSR count). The molecule has 0 spiro atoms. The van der Waals surface area contributed by atoms with E-state index in [1.165, 1.54) is 12.0 Å². The first-order valence-electron chi connectivity index (χ1n) is 5.03. The molecule has 0 amide bonds. The summed E-state index contributed by atoms with van der Waals surface area (Å²) < 4.78 is 0.185. The minimum Gasteiger partial charge on any atom is -0.369 e. The number of carbonyl (C=O) groups excluding carboxylic acids is 1. The second kappa shape index (κ2) is 8.66.